The molecular formula is C20H23NO2. The van der Waals surface area contributed by atoms with E-state index < -0.39 is 0 Å². The summed E-state index contributed by atoms with van der Waals surface area (Å²) in [7, 11) is 0. The van der Waals surface area contributed by atoms with Crippen LogP contribution in [0.2, 0.25) is 0 Å². The van der Waals surface area contributed by atoms with Crippen LogP contribution in [0.25, 0.3) is 0 Å². The maximum atomic E-state index is 12.1. The predicted octanol–water partition coefficient (Wildman–Crippen LogP) is 4.27. The summed E-state index contributed by atoms with van der Waals surface area (Å²) in [5.41, 5.74) is 3.64. The smallest absolute Gasteiger partial charge is 0.228 e. The Morgan fingerprint density at radius 2 is 1.48 bits per heavy atom. The van der Waals surface area contributed by atoms with Crippen molar-refractivity contribution >= 4 is 17.4 Å². The van der Waals surface area contributed by atoms with Crippen molar-refractivity contribution in [1.29, 1.82) is 0 Å². The van der Waals surface area contributed by atoms with Gasteiger partial charge in [0.05, 0.1) is 6.42 Å². The zero-order chi connectivity index (χ0) is 16.8. The van der Waals surface area contributed by atoms with E-state index in [0.29, 0.717) is 23.6 Å². The molecule has 0 saturated heterocycles. The lowest BCUT2D eigenvalue weighted by molar-refractivity contribution is -0.115. The van der Waals surface area contributed by atoms with Gasteiger partial charge >= 0.3 is 0 Å². The molecule has 0 aliphatic carbocycles. The molecule has 0 aromatic heterocycles. The predicted molar refractivity (Wildman–Crippen MR) is 93.8 cm³/mol. The molecule has 2 aromatic carbocycles. The molecule has 2 aromatic rings. The molecule has 0 aliphatic rings. The molecule has 1 N–H and O–H groups in total. The number of hydrogen-bond donors (Lipinski definition) is 1. The van der Waals surface area contributed by atoms with Gasteiger partial charge in [-0.1, -0.05) is 38.1 Å². The lowest BCUT2D eigenvalue weighted by atomic mass is 10.0. The van der Waals surface area contributed by atoms with Crippen molar-refractivity contribution in [2.45, 2.75) is 33.6 Å². The normalized spacial score (nSPS) is 10.6. The van der Waals surface area contributed by atoms with E-state index in [0.717, 1.165) is 12.0 Å². The summed E-state index contributed by atoms with van der Waals surface area (Å²) in [6.45, 7) is 5.91. The number of carbonyl (C=O) groups excluding carboxylic acids is 2. The monoisotopic (exact) mass is 309 g/mol. The van der Waals surface area contributed by atoms with E-state index in [1.165, 1.54) is 12.5 Å². The lowest BCUT2D eigenvalue weighted by Crippen LogP contribution is -2.14. The highest BCUT2D eigenvalue weighted by atomic mass is 16.1. The Morgan fingerprint density at radius 1 is 0.913 bits per heavy atom. The molecule has 23 heavy (non-hydrogen) atoms. The van der Waals surface area contributed by atoms with Gasteiger partial charge in [0.2, 0.25) is 5.91 Å². The Morgan fingerprint density at radius 3 is 2.00 bits per heavy atom. The van der Waals surface area contributed by atoms with E-state index in [1.807, 2.05) is 12.1 Å². The van der Waals surface area contributed by atoms with Crippen molar-refractivity contribution in [3.63, 3.8) is 0 Å². The third kappa shape index (κ3) is 5.37. The number of amides is 1. The molecule has 0 fully saturated rings. The number of Topliss-reactive ketones (excluding diaryl/α,β-unsaturated/α-hetero) is 1. The second-order valence-electron chi connectivity index (χ2n) is 6.27. The quantitative estimate of drug-likeness (QED) is 0.810. The van der Waals surface area contributed by atoms with Crippen LogP contribution < -0.4 is 5.32 Å². The first kappa shape index (κ1) is 16.9. The fraction of sp³-hybridized carbons (Fsp3) is 0.300. The third-order valence-electron chi connectivity index (χ3n) is 3.61. The van der Waals surface area contributed by atoms with Crippen LogP contribution >= 0.6 is 0 Å². The van der Waals surface area contributed by atoms with Gasteiger partial charge in [-0.25, -0.2) is 0 Å². The molecule has 3 nitrogen and oxygen atoms in total. The van der Waals surface area contributed by atoms with Gasteiger partial charge < -0.3 is 5.32 Å². The maximum absolute atomic E-state index is 12.1. The molecule has 0 saturated carbocycles. The van der Waals surface area contributed by atoms with Crippen molar-refractivity contribution < 1.29 is 9.59 Å². The number of carbonyl (C=O) groups is 2. The van der Waals surface area contributed by atoms with Gasteiger partial charge in [0, 0.05) is 11.3 Å². The SMILES string of the molecule is CC(=O)c1ccc(NC(=O)Cc2ccc(CC(C)C)cc2)cc1. The number of nitrogens with one attached hydrogen (secondary N) is 1. The Balaban J connectivity index is 1.92. The number of rotatable bonds is 6. The summed E-state index contributed by atoms with van der Waals surface area (Å²) in [5, 5.41) is 2.85. The van der Waals surface area contributed by atoms with Crippen LogP contribution in [-0.4, -0.2) is 11.7 Å². The van der Waals surface area contributed by atoms with Crippen LogP contribution in [0, 0.1) is 5.92 Å². The minimum atomic E-state index is -0.0582. The van der Waals surface area contributed by atoms with Crippen molar-refractivity contribution in [1.82, 2.24) is 0 Å². The fourth-order valence-electron chi connectivity index (χ4n) is 2.44. The first-order valence-corrected chi connectivity index (χ1v) is 7.92. The molecule has 0 radical (unpaired) electrons. The zero-order valence-corrected chi connectivity index (χ0v) is 13.9. The fourth-order valence-corrected chi connectivity index (χ4v) is 2.44. The van der Waals surface area contributed by atoms with E-state index in [-0.39, 0.29) is 11.7 Å². The largest absolute Gasteiger partial charge is 0.326 e. The second-order valence-corrected chi connectivity index (χ2v) is 6.27. The molecule has 0 spiro atoms. The van der Waals surface area contributed by atoms with Crippen molar-refractivity contribution in [2.75, 3.05) is 5.32 Å². The molecular weight excluding hydrogens is 286 g/mol. The molecule has 0 atom stereocenters. The van der Waals surface area contributed by atoms with E-state index in [9.17, 15) is 9.59 Å². The van der Waals surface area contributed by atoms with Gasteiger partial charge in [0.25, 0.3) is 0 Å². The first-order chi connectivity index (χ1) is 10.9. The number of benzene rings is 2. The topological polar surface area (TPSA) is 46.2 Å². The molecule has 0 bridgehead atoms. The van der Waals surface area contributed by atoms with Gasteiger partial charge in [0.1, 0.15) is 0 Å². The standard InChI is InChI=1S/C20H23NO2/c1-14(2)12-16-4-6-17(7-5-16)13-20(23)21-19-10-8-18(9-11-19)15(3)22/h4-11,14H,12-13H2,1-3H3,(H,21,23). The van der Waals surface area contributed by atoms with Gasteiger partial charge in [-0.2, -0.15) is 0 Å². The Hall–Kier alpha value is -2.42. The van der Waals surface area contributed by atoms with Crippen LogP contribution in [0.3, 0.4) is 0 Å². The van der Waals surface area contributed by atoms with Crippen molar-refractivity contribution in [3.8, 4) is 0 Å². The summed E-state index contributed by atoms with van der Waals surface area (Å²) < 4.78 is 0. The molecule has 0 unspecified atom stereocenters. The summed E-state index contributed by atoms with van der Waals surface area (Å²) >= 11 is 0. The Kier molecular flexibility index (Phi) is 5.69. The van der Waals surface area contributed by atoms with E-state index in [1.54, 1.807) is 24.3 Å². The lowest BCUT2D eigenvalue weighted by Gasteiger charge is -2.08. The minimum Gasteiger partial charge on any atom is -0.326 e. The highest BCUT2D eigenvalue weighted by molar-refractivity contribution is 5.96. The number of ketones is 1. The van der Waals surface area contributed by atoms with Crippen LogP contribution in [0.15, 0.2) is 48.5 Å². The first-order valence-electron chi connectivity index (χ1n) is 7.92. The highest BCUT2D eigenvalue weighted by Gasteiger charge is 2.06. The molecule has 1 amide bonds. The van der Waals surface area contributed by atoms with Crippen molar-refractivity contribution in [2.24, 2.45) is 5.92 Å². The summed E-state index contributed by atoms with van der Waals surface area (Å²) in [5.74, 6) is 0.587. The molecule has 3 heteroatoms. The van der Waals surface area contributed by atoms with Crippen LogP contribution in [0.4, 0.5) is 5.69 Å². The highest BCUT2D eigenvalue weighted by Crippen LogP contribution is 2.13. The summed E-state index contributed by atoms with van der Waals surface area (Å²) in [6.07, 6.45) is 1.39. The second kappa shape index (κ2) is 7.73. The average Bonchev–Trinajstić information content (AvgIpc) is 2.49. The minimum absolute atomic E-state index is 0.0179. The molecule has 0 heterocycles. The summed E-state index contributed by atoms with van der Waals surface area (Å²) in [6, 6.07) is 15.1. The van der Waals surface area contributed by atoms with E-state index >= 15 is 0 Å². The molecule has 120 valence electrons. The Labute approximate surface area is 137 Å². The molecule has 2 rings (SSSR count). The van der Waals surface area contributed by atoms with E-state index in [4.69, 9.17) is 0 Å². The van der Waals surface area contributed by atoms with Gasteiger partial charge in [-0.05, 0) is 54.7 Å². The van der Waals surface area contributed by atoms with Crippen molar-refractivity contribution in [3.05, 3.63) is 65.2 Å². The Bertz CT molecular complexity index is 670. The van der Waals surface area contributed by atoms with Gasteiger partial charge in [0.15, 0.2) is 5.78 Å². The van der Waals surface area contributed by atoms with Crippen LogP contribution in [0.5, 0.6) is 0 Å². The summed E-state index contributed by atoms with van der Waals surface area (Å²) in [4.78, 5) is 23.3. The van der Waals surface area contributed by atoms with Crippen LogP contribution in [-0.2, 0) is 17.6 Å². The maximum Gasteiger partial charge on any atom is 0.228 e. The molecule has 0 aliphatic heterocycles. The third-order valence-corrected chi connectivity index (χ3v) is 3.61. The van der Waals surface area contributed by atoms with Gasteiger partial charge in [-0.3, -0.25) is 9.59 Å². The number of hydrogen-bond acceptors (Lipinski definition) is 2. The van der Waals surface area contributed by atoms with Gasteiger partial charge in [-0.15, -0.1) is 0 Å². The average molecular weight is 309 g/mol. The number of anilines is 1. The zero-order valence-electron chi connectivity index (χ0n) is 13.9. The van der Waals surface area contributed by atoms with E-state index in [2.05, 4.69) is 31.3 Å². The van der Waals surface area contributed by atoms with Crippen LogP contribution in [0.1, 0.15) is 42.3 Å².